The van der Waals surface area contributed by atoms with Crippen LogP contribution < -0.4 is 5.32 Å². The lowest BCUT2D eigenvalue weighted by Crippen LogP contribution is -2.17. The Kier molecular flexibility index (Phi) is 7.48. The highest BCUT2D eigenvalue weighted by Crippen LogP contribution is 2.07. The molecule has 0 bridgehead atoms. The Labute approximate surface area is 83.1 Å². The van der Waals surface area contributed by atoms with Crippen molar-refractivity contribution < 1.29 is 9.63 Å². The first-order valence-electron chi connectivity index (χ1n) is 4.24. The van der Waals surface area contributed by atoms with E-state index in [4.69, 9.17) is 0 Å². The van der Waals surface area contributed by atoms with E-state index in [1.54, 1.807) is 0 Å². The minimum atomic E-state index is -0.525. The largest absolute Gasteiger partial charge is 0.433 e. The number of thioether (sulfide) groups is 1. The van der Waals surface area contributed by atoms with E-state index in [1.807, 2.05) is 6.26 Å². The zero-order valence-corrected chi connectivity index (χ0v) is 9.11. The molecule has 0 heterocycles. The zero-order valence-electron chi connectivity index (χ0n) is 8.29. The molecule has 0 rings (SSSR count). The maximum atomic E-state index is 10.7. The van der Waals surface area contributed by atoms with Crippen molar-refractivity contribution in [2.45, 2.75) is 26.2 Å². The van der Waals surface area contributed by atoms with E-state index in [1.165, 1.54) is 18.8 Å². The van der Waals surface area contributed by atoms with E-state index >= 15 is 0 Å². The molecule has 0 aliphatic rings. The number of hydrogen-bond acceptors (Lipinski definition) is 4. The van der Waals surface area contributed by atoms with Crippen molar-refractivity contribution in [3.63, 3.8) is 0 Å². The summed E-state index contributed by atoms with van der Waals surface area (Å²) >= 11 is 1.51. The number of carbonyl (C=O) groups is 1. The second-order valence-corrected chi connectivity index (χ2v) is 3.30. The fraction of sp³-hybridized carbons (Fsp3) is 0.750. The van der Waals surface area contributed by atoms with Gasteiger partial charge in [-0.2, -0.15) is 0 Å². The minimum absolute atomic E-state index is 0.525. The second-order valence-electron chi connectivity index (χ2n) is 2.42. The Morgan fingerprint density at radius 1 is 1.62 bits per heavy atom. The molecule has 76 valence electrons. The highest BCUT2D eigenvalue weighted by Gasteiger charge is 2.00. The van der Waals surface area contributed by atoms with Crippen molar-refractivity contribution >= 4 is 22.9 Å². The molecular formula is C8H16N2O2S. The molecular weight excluding hydrogens is 188 g/mol. The Morgan fingerprint density at radius 2 is 2.31 bits per heavy atom. The predicted molar refractivity (Wildman–Crippen MR) is 56.0 cm³/mol. The number of amides is 1. The van der Waals surface area contributed by atoms with Crippen molar-refractivity contribution in [3.8, 4) is 0 Å². The Hall–Kier alpha value is -0.710. The molecule has 13 heavy (non-hydrogen) atoms. The fourth-order valence-corrected chi connectivity index (χ4v) is 1.11. The Morgan fingerprint density at radius 3 is 2.77 bits per heavy atom. The van der Waals surface area contributed by atoms with Crippen LogP contribution in [0.5, 0.6) is 0 Å². The second kappa shape index (κ2) is 7.91. The van der Waals surface area contributed by atoms with E-state index < -0.39 is 6.09 Å². The van der Waals surface area contributed by atoms with Crippen molar-refractivity contribution in [1.29, 1.82) is 0 Å². The number of unbranched alkanes of at least 4 members (excludes halogenated alkanes) is 1. The maximum Gasteiger partial charge on any atom is 0.433 e. The predicted octanol–water partition coefficient (Wildman–Crippen LogP) is 2.21. The maximum absolute atomic E-state index is 10.7. The molecule has 0 unspecified atom stereocenters. The van der Waals surface area contributed by atoms with Gasteiger partial charge in [0.25, 0.3) is 0 Å². The van der Waals surface area contributed by atoms with Crippen LogP contribution in [0.1, 0.15) is 26.2 Å². The van der Waals surface area contributed by atoms with Gasteiger partial charge in [-0.3, -0.25) is 4.84 Å². The number of hydrogen-bond donors (Lipinski definition) is 1. The molecule has 1 N–H and O–H groups in total. The lowest BCUT2D eigenvalue weighted by molar-refractivity contribution is 0.153. The van der Waals surface area contributed by atoms with E-state index in [9.17, 15) is 4.79 Å². The summed E-state index contributed by atoms with van der Waals surface area (Å²) in [7, 11) is 1.50. The third kappa shape index (κ3) is 6.45. The van der Waals surface area contributed by atoms with Crippen LogP contribution in [0, 0.1) is 0 Å². The summed E-state index contributed by atoms with van der Waals surface area (Å²) < 4.78 is 0. The van der Waals surface area contributed by atoms with Crippen LogP contribution in [-0.2, 0) is 4.84 Å². The topological polar surface area (TPSA) is 50.7 Å². The van der Waals surface area contributed by atoms with E-state index in [-0.39, 0.29) is 0 Å². The van der Waals surface area contributed by atoms with E-state index in [0.29, 0.717) is 0 Å². The van der Waals surface area contributed by atoms with Gasteiger partial charge in [-0.25, -0.2) is 4.79 Å². The van der Waals surface area contributed by atoms with Gasteiger partial charge in [0.2, 0.25) is 0 Å². The lowest BCUT2D eigenvalue weighted by atomic mass is 10.3. The zero-order chi connectivity index (χ0) is 10.1. The fourth-order valence-electron chi connectivity index (χ4n) is 0.651. The summed E-state index contributed by atoms with van der Waals surface area (Å²) in [5, 5.41) is 6.89. The van der Waals surface area contributed by atoms with Crippen LogP contribution in [0.25, 0.3) is 0 Å². The summed E-state index contributed by atoms with van der Waals surface area (Å²) in [6, 6.07) is 0. The molecule has 0 aromatic carbocycles. The molecule has 0 aromatic heterocycles. The lowest BCUT2D eigenvalue weighted by Gasteiger charge is -2.00. The molecule has 0 saturated carbocycles. The van der Waals surface area contributed by atoms with E-state index in [0.717, 1.165) is 24.3 Å². The molecule has 0 atom stereocenters. The van der Waals surface area contributed by atoms with E-state index in [2.05, 4.69) is 22.2 Å². The number of nitrogens with zero attached hydrogens (tertiary/aromatic N) is 1. The molecule has 0 aromatic rings. The van der Waals surface area contributed by atoms with Crippen LogP contribution in [-0.4, -0.2) is 24.4 Å². The first kappa shape index (κ1) is 12.3. The monoisotopic (exact) mass is 204 g/mol. The van der Waals surface area contributed by atoms with Crippen LogP contribution in [0.4, 0.5) is 4.79 Å². The average Bonchev–Trinajstić information content (AvgIpc) is 2.17. The number of nitrogens with one attached hydrogen (secondary N) is 1. The number of carbonyl (C=O) groups excluding carboxylic acids is 1. The molecule has 0 aliphatic carbocycles. The minimum Gasteiger partial charge on any atom is -0.323 e. The van der Waals surface area contributed by atoms with Crippen LogP contribution in [0.2, 0.25) is 0 Å². The molecule has 0 aliphatic heterocycles. The van der Waals surface area contributed by atoms with Gasteiger partial charge in [0, 0.05) is 7.05 Å². The van der Waals surface area contributed by atoms with Crippen LogP contribution in [0.15, 0.2) is 5.16 Å². The highest BCUT2D eigenvalue weighted by atomic mass is 32.2. The molecule has 5 heteroatoms. The van der Waals surface area contributed by atoms with Gasteiger partial charge >= 0.3 is 6.09 Å². The van der Waals surface area contributed by atoms with Crippen molar-refractivity contribution in [2.24, 2.45) is 5.16 Å². The summed E-state index contributed by atoms with van der Waals surface area (Å²) in [5.41, 5.74) is 0. The summed E-state index contributed by atoms with van der Waals surface area (Å²) in [4.78, 5) is 15.2. The van der Waals surface area contributed by atoms with Crippen molar-refractivity contribution in [3.05, 3.63) is 0 Å². The average molecular weight is 204 g/mol. The summed E-state index contributed by atoms with van der Waals surface area (Å²) in [6.07, 6.45) is 4.44. The number of rotatable bonds is 4. The third-order valence-electron chi connectivity index (χ3n) is 1.41. The highest BCUT2D eigenvalue weighted by molar-refractivity contribution is 8.13. The van der Waals surface area contributed by atoms with Crippen molar-refractivity contribution in [2.75, 3.05) is 13.3 Å². The smallest absolute Gasteiger partial charge is 0.323 e. The van der Waals surface area contributed by atoms with Crippen LogP contribution >= 0.6 is 11.8 Å². The van der Waals surface area contributed by atoms with Gasteiger partial charge in [0.15, 0.2) is 0 Å². The van der Waals surface area contributed by atoms with Crippen molar-refractivity contribution in [1.82, 2.24) is 5.32 Å². The first-order chi connectivity index (χ1) is 6.24. The third-order valence-corrected chi connectivity index (χ3v) is 2.16. The normalized spacial score (nSPS) is 11.2. The first-order valence-corrected chi connectivity index (χ1v) is 5.46. The van der Waals surface area contributed by atoms with Gasteiger partial charge in [-0.05, 0) is 19.1 Å². The van der Waals surface area contributed by atoms with Crippen LogP contribution in [0.3, 0.4) is 0 Å². The quantitative estimate of drug-likeness (QED) is 0.330. The molecule has 0 fully saturated rings. The molecule has 4 nitrogen and oxygen atoms in total. The molecule has 0 spiro atoms. The van der Waals surface area contributed by atoms with Gasteiger partial charge < -0.3 is 5.32 Å². The van der Waals surface area contributed by atoms with Gasteiger partial charge in [0.05, 0.1) is 0 Å². The molecule has 0 saturated heterocycles. The molecule has 0 radical (unpaired) electrons. The Balaban J connectivity index is 3.84. The summed E-state index contributed by atoms with van der Waals surface area (Å²) in [6.45, 7) is 2.11. The summed E-state index contributed by atoms with van der Waals surface area (Å²) in [5.74, 6) is 0. The number of oxime groups is 1. The standard InChI is InChI=1S/C8H16N2O2S/c1-4-5-6-7(13-3)10-12-8(11)9-2/h4-6H2,1-3H3,(H,9,11). The Bertz CT molecular complexity index is 183. The van der Waals surface area contributed by atoms with Gasteiger partial charge in [-0.1, -0.05) is 18.5 Å². The SMILES string of the molecule is CCCCC(=NOC(=O)NC)SC. The van der Waals surface area contributed by atoms with Gasteiger partial charge in [-0.15, -0.1) is 11.8 Å². The molecule has 1 amide bonds. The van der Waals surface area contributed by atoms with Gasteiger partial charge in [0.1, 0.15) is 5.04 Å².